The van der Waals surface area contributed by atoms with E-state index in [0.29, 0.717) is 17.4 Å². The van der Waals surface area contributed by atoms with Crippen molar-refractivity contribution in [3.05, 3.63) is 29.0 Å². The molecule has 2 N–H and O–H groups in total. The van der Waals surface area contributed by atoms with E-state index < -0.39 is 0 Å². The molecule has 0 bridgehead atoms. The number of carbonyl (C=O) groups excluding carboxylic acids is 1. The van der Waals surface area contributed by atoms with E-state index >= 15 is 0 Å². The minimum absolute atomic E-state index is 0.0891. The van der Waals surface area contributed by atoms with E-state index in [-0.39, 0.29) is 17.9 Å². The van der Waals surface area contributed by atoms with Crippen LogP contribution in [0.25, 0.3) is 0 Å². The first-order valence-corrected chi connectivity index (χ1v) is 5.55. The summed E-state index contributed by atoms with van der Waals surface area (Å²) in [5.74, 6) is -0.248. The smallest absolute Gasteiger partial charge is 0.269 e. The first kappa shape index (κ1) is 11.4. The normalized spacial score (nSPS) is 16.9. The third-order valence-electron chi connectivity index (χ3n) is 2.86. The number of aromatic nitrogens is 1. The number of nitrogens with zero attached hydrogens (tertiary/aromatic N) is 1. The second kappa shape index (κ2) is 4.39. The number of carbonyl (C=O) groups is 1. The lowest BCUT2D eigenvalue weighted by molar-refractivity contribution is 0.0930. The van der Waals surface area contributed by atoms with Crippen molar-refractivity contribution < 1.29 is 9.90 Å². The van der Waals surface area contributed by atoms with Gasteiger partial charge in [0.05, 0.1) is 6.61 Å². The van der Waals surface area contributed by atoms with Gasteiger partial charge in [-0.1, -0.05) is 17.7 Å². The Morgan fingerprint density at radius 1 is 1.56 bits per heavy atom. The van der Waals surface area contributed by atoms with Crippen molar-refractivity contribution in [3.63, 3.8) is 0 Å². The lowest BCUT2D eigenvalue weighted by Gasteiger charge is -2.12. The minimum Gasteiger partial charge on any atom is -0.396 e. The van der Waals surface area contributed by atoms with E-state index in [1.165, 1.54) is 0 Å². The van der Waals surface area contributed by atoms with Gasteiger partial charge in [0.15, 0.2) is 0 Å². The van der Waals surface area contributed by atoms with E-state index in [1.807, 2.05) is 0 Å². The topological polar surface area (TPSA) is 62.2 Å². The number of hydrogen-bond donors (Lipinski definition) is 2. The molecule has 0 saturated heterocycles. The Labute approximate surface area is 98.6 Å². The molecule has 1 fully saturated rings. The van der Waals surface area contributed by atoms with Crippen molar-refractivity contribution in [3.8, 4) is 0 Å². The van der Waals surface area contributed by atoms with Gasteiger partial charge in [-0.25, -0.2) is 4.98 Å². The van der Waals surface area contributed by atoms with Crippen LogP contribution in [-0.2, 0) is 0 Å². The van der Waals surface area contributed by atoms with Crippen molar-refractivity contribution >= 4 is 17.5 Å². The maximum atomic E-state index is 11.7. The summed E-state index contributed by atoms with van der Waals surface area (Å²) in [6.45, 7) is 0.618. The van der Waals surface area contributed by atoms with Crippen molar-refractivity contribution in [2.45, 2.75) is 12.8 Å². The largest absolute Gasteiger partial charge is 0.396 e. The molecule has 0 unspecified atom stereocenters. The van der Waals surface area contributed by atoms with E-state index in [1.54, 1.807) is 18.2 Å². The molecular weight excluding hydrogens is 228 g/mol. The third-order valence-corrected chi connectivity index (χ3v) is 3.07. The molecule has 1 aromatic rings. The van der Waals surface area contributed by atoms with Gasteiger partial charge in [0.25, 0.3) is 5.91 Å². The highest BCUT2D eigenvalue weighted by molar-refractivity contribution is 6.29. The van der Waals surface area contributed by atoms with Crippen molar-refractivity contribution in [1.29, 1.82) is 0 Å². The second-order valence-corrected chi connectivity index (χ2v) is 4.57. The molecule has 86 valence electrons. The van der Waals surface area contributed by atoms with Crippen LogP contribution < -0.4 is 5.32 Å². The van der Waals surface area contributed by atoms with Gasteiger partial charge in [-0.05, 0) is 25.0 Å². The summed E-state index contributed by atoms with van der Waals surface area (Å²) in [6.07, 6.45) is 1.93. The van der Waals surface area contributed by atoms with Crippen molar-refractivity contribution in [2.75, 3.05) is 13.2 Å². The molecule has 1 amide bonds. The number of aliphatic hydroxyl groups is 1. The summed E-state index contributed by atoms with van der Waals surface area (Å²) in [7, 11) is 0. The van der Waals surface area contributed by atoms with E-state index in [4.69, 9.17) is 16.7 Å². The van der Waals surface area contributed by atoms with Crippen molar-refractivity contribution in [2.24, 2.45) is 5.41 Å². The Balaban J connectivity index is 1.93. The quantitative estimate of drug-likeness (QED) is 0.779. The monoisotopic (exact) mass is 240 g/mol. The van der Waals surface area contributed by atoms with E-state index in [2.05, 4.69) is 10.3 Å². The first-order valence-electron chi connectivity index (χ1n) is 5.17. The average Bonchev–Trinajstić information content (AvgIpc) is 3.07. The molecule has 0 spiro atoms. The average molecular weight is 241 g/mol. The Morgan fingerprint density at radius 3 is 2.88 bits per heavy atom. The minimum atomic E-state index is -0.248. The molecule has 4 nitrogen and oxygen atoms in total. The molecule has 2 rings (SSSR count). The van der Waals surface area contributed by atoms with Gasteiger partial charge >= 0.3 is 0 Å². The molecule has 0 aromatic carbocycles. The highest BCUT2D eigenvalue weighted by Crippen LogP contribution is 2.44. The molecule has 5 heteroatoms. The predicted octanol–water partition coefficient (Wildman–Crippen LogP) is 1.24. The predicted molar refractivity (Wildman–Crippen MR) is 60.3 cm³/mol. The number of nitrogens with one attached hydrogen (secondary N) is 1. The fourth-order valence-electron chi connectivity index (χ4n) is 1.46. The molecule has 1 saturated carbocycles. The molecular formula is C11H13ClN2O2. The van der Waals surface area contributed by atoms with Gasteiger partial charge < -0.3 is 10.4 Å². The van der Waals surface area contributed by atoms with Gasteiger partial charge in [0, 0.05) is 12.0 Å². The number of hydrogen-bond acceptors (Lipinski definition) is 3. The standard InChI is InChI=1S/C11H13ClN2O2/c12-9-3-1-2-8(14-9)10(16)13-6-11(7-15)4-5-11/h1-3,15H,4-7H2,(H,13,16). The molecule has 1 aliphatic carbocycles. The van der Waals surface area contributed by atoms with Gasteiger partial charge in [-0.15, -0.1) is 0 Å². The fourth-order valence-corrected chi connectivity index (χ4v) is 1.62. The lowest BCUT2D eigenvalue weighted by atomic mass is 10.1. The number of rotatable bonds is 4. The first-order chi connectivity index (χ1) is 7.65. The maximum Gasteiger partial charge on any atom is 0.269 e. The van der Waals surface area contributed by atoms with Gasteiger partial charge in [0.2, 0.25) is 0 Å². The molecule has 16 heavy (non-hydrogen) atoms. The highest BCUT2D eigenvalue weighted by atomic mass is 35.5. The highest BCUT2D eigenvalue weighted by Gasteiger charge is 2.42. The second-order valence-electron chi connectivity index (χ2n) is 4.19. The summed E-state index contributed by atoms with van der Waals surface area (Å²) in [4.78, 5) is 15.6. The third kappa shape index (κ3) is 2.51. The van der Waals surface area contributed by atoms with Crippen LogP contribution in [0.1, 0.15) is 23.3 Å². The summed E-state index contributed by atoms with van der Waals surface area (Å²) in [6, 6.07) is 4.91. The zero-order valence-electron chi connectivity index (χ0n) is 8.74. The summed E-state index contributed by atoms with van der Waals surface area (Å²) in [5, 5.41) is 12.2. The van der Waals surface area contributed by atoms with Crippen LogP contribution in [0, 0.1) is 5.41 Å². The maximum absolute atomic E-state index is 11.7. The summed E-state index contributed by atoms with van der Waals surface area (Å²) in [5.41, 5.74) is 0.218. The van der Waals surface area contributed by atoms with Crippen LogP contribution in [0.4, 0.5) is 0 Å². The number of aliphatic hydroxyl groups excluding tert-OH is 1. The molecule has 1 aliphatic rings. The van der Waals surface area contributed by atoms with Gasteiger partial charge in [-0.2, -0.15) is 0 Å². The summed E-state index contributed by atoms with van der Waals surface area (Å²) < 4.78 is 0. The Kier molecular flexibility index (Phi) is 3.12. The zero-order valence-corrected chi connectivity index (χ0v) is 9.50. The fraction of sp³-hybridized carbons (Fsp3) is 0.455. The van der Waals surface area contributed by atoms with Gasteiger partial charge in [-0.3, -0.25) is 4.79 Å². The number of pyridine rings is 1. The van der Waals surface area contributed by atoms with E-state index in [9.17, 15) is 4.79 Å². The zero-order chi connectivity index (χ0) is 11.6. The Bertz CT molecular complexity index is 405. The number of halogens is 1. The van der Waals surface area contributed by atoms with Crippen LogP contribution in [-0.4, -0.2) is 29.1 Å². The van der Waals surface area contributed by atoms with Crippen molar-refractivity contribution in [1.82, 2.24) is 10.3 Å². The SMILES string of the molecule is O=C(NCC1(CO)CC1)c1cccc(Cl)n1. The lowest BCUT2D eigenvalue weighted by Crippen LogP contribution is -2.32. The Morgan fingerprint density at radius 2 is 2.31 bits per heavy atom. The van der Waals surface area contributed by atoms with Crippen LogP contribution >= 0.6 is 11.6 Å². The van der Waals surface area contributed by atoms with Gasteiger partial charge in [0.1, 0.15) is 10.8 Å². The molecule has 1 heterocycles. The Hall–Kier alpha value is -1.13. The van der Waals surface area contributed by atoms with Crippen LogP contribution in [0.5, 0.6) is 0 Å². The molecule has 0 radical (unpaired) electrons. The summed E-state index contributed by atoms with van der Waals surface area (Å²) >= 11 is 5.69. The number of amides is 1. The van der Waals surface area contributed by atoms with Crippen LogP contribution in [0.2, 0.25) is 5.15 Å². The molecule has 0 atom stereocenters. The molecule has 0 aliphatic heterocycles. The van der Waals surface area contributed by atoms with Crippen LogP contribution in [0.3, 0.4) is 0 Å². The van der Waals surface area contributed by atoms with E-state index in [0.717, 1.165) is 12.8 Å². The molecule has 1 aromatic heterocycles. The van der Waals surface area contributed by atoms with Crippen LogP contribution in [0.15, 0.2) is 18.2 Å².